The van der Waals surface area contributed by atoms with Crippen LogP contribution in [0.4, 0.5) is 0 Å². The minimum absolute atomic E-state index is 0.119. The Balaban J connectivity index is 1.56. The summed E-state index contributed by atoms with van der Waals surface area (Å²) in [5.74, 6) is 2.00. The third-order valence-electron chi connectivity index (χ3n) is 4.92. The Kier molecular flexibility index (Phi) is 4.36. The van der Waals surface area contributed by atoms with Crippen LogP contribution in [0.25, 0.3) is 0 Å². The second-order valence-corrected chi connectivity index (χ2v) is 6.38. The molecule has 2 aliphatic rings. The van der Waals surface area contributed by atoms with Crippen molar-refractivity contribution in [3.05, 3.63) is 11.7 Å². The van der Waals surface area contributed by atoms with E-state index in [9.17, 15) is 5.11 Å². The Morgan fingerprint density at radius 1 is 1.15 bits per heavy atom. The smallest absolute Gasteiger partial charge is 0.229 e. The van der Waals surface area contributed by atoms with E-state index in [1.807, 2.05) is 0 Å². The summed E-state index contributed by atoms with van der Waals surface area (Å²) < 4.78 is 5.42. The largest absolute Gasteiger partial charge is 0.394 e. The summed E-state index contributed by atoms with van der Waals surface area (Å²) in [7, 11) is 0. The summed E-state index contributed by atoms with van der Waals surface area (Å²) in [6.45, 7) is 0.789. The van der Waals surface area contributed by atoms with Crippen molar-refractivity contribution >= 4 is 0 Å². The maximum Gasteiger partial charge on any atom is 0.229 e. The van der Waals surface area contributed by atoms with Gasteiger partial charge in [-0.15, -0.1) is 0 Å². The van der Waals surface area contributed by atoms with Crippen molar-refractivity contribution in [2.24, 2.45) is 0 Å². The van der Waals surface area contributed by atoms with Crippen molar-refractivity contribution in [1.29, 1.82) is 0 Å². The van der Waals surface area contributed by atoms with Gasteiger partial charge < -0.3 is 14.9 Å². The van der Waals surface area contributed by atoms with Gasteiger partial charge in [0.05, 0.1) is 13.2 Å². The summed E-state index contributed by atoms with van der Waals surface area (Å²) in [6.07, 6.45) is 10.7. The van der Waals surface area contributed by atoms with E-state index in [-0.39, 0.29) is 12.1 Å². The SMILES string of the molecule is OCC1(NCc2noc(C3CCCCC3)n2)CCCC1. The molecule has 0 atom stereocenters. The zero-order valence-corrected chi connectivity index (χ0v) is 12.1. The molecule has 1 aromatic heterocycles. The molecule has 2 fully saturated rings. The van der Waals surface area contributed by atoms with E-state index in [1.54, 1.807) is 0 Å². The third kappa shape index (κ3) is 3.04. The first-order valence-electron chi connectivity index (χ1n) is 8.00. The second-order valence-electron chi connectivity index (χ2n) is 6.38. The van der Waals surface area contributed by atoms with Gasteiger partial charge in [-0.3, -0.25) is 0 Å². The summed E-state index contributed by atoms with van der Waals surface area (Å²) >= 11 is 0. The van der Waals surface area contributed by atoms with Crippen LogP contribution in [0.5, 0.6) is 0 Å². The van der Waals surface area contributed by atoms with Crippen LogP contribution in [0.1, 0.15) is 75.4 Å². The quantitative estimate of drug-likeness (QED) is 0.866. The first-order valence-corrected chi connectivity index (χ1v) is 8.00. The van der Waals surface area contributed by atoms with E-state index < -0.39 is 0 Å². The minimum Gasteiger partial charge on any atom is -0.394 e. The predicted octanol–water partition coefficient (Wildman–Crippen LogP) is 2.51. The van der Waals surface area contributed by atoms with E-state index in [2.05, 4.69) is 15.5 Å². The Labute approximate surface area is 120 Å². The van der Waals surface area contributed by atoms with E-state index in [1.165, 1.54) is 44.9 Å². The summed E-state index contributed by atoms with van der Waals surface area (Å²) in [5.41, 5.74) is -0.119. The van der Waals surface area contributed by atoms with Crippen molar-refractivity contribution in [3.63, 3.8) is 0 Å². The molecule has 20 heavy (non-hydrogen) atoms. The Hall–Kier alpha value is -0.940. The van der Waals surface area contributed by atoms with Crippen LogP contribution < -0.4 is 5.32 Å². The first-order chi connectivity index (χ1) is 9.81. The average Bonchev–Trinajstić information content (AvgIpc) is 3.16. The number of aliphatic hydroxyl groups is 1. The fraction of sp³-hybridized carbons (Fsp3) is 0.867. The van der Waals surface area contributed by atoms with Gasteiger partial charge in [-0.1, -0.05) is 37.3 Å². The molecule has 0 unspecified atom stereocenters. The van der Waals surface area contributed by atoms with Crippen LogP contribution in [-0.4, -0.2) is 27.4 Å². The Morgan fingerprint density at radius 3 is 2.60 bits per heavy atom. The number of nitrogens with zero attached hydrogens (tertiary/aromatic N) is 2. The lowest BCUT2D eigenvalue weighted by Crippen LogP contribution is -2.45. The van der Waals surface area contributed by atoms with Crippen LogP contribution in [0, 0.1) is 0 Å². The second kappa shape index (κ2) is 6.22. The molecule has 1 aromatic rings. The molecule has 0 saturated heterocycles. The van der Waals surface area contributed by atoms with E-state index in [0.717, 1.165) is 24.6 Å². The Morgan fingerprint density at radius 2 is 1.90 bits per heavy atom. The van der Waals surface area contributed by atoms with Gasteiger partial charge in [0.25, 0.3) is 0 Å². The molecule has 0 aromatic carbocycles. The topological polar surface area (TPSA) is 71.2 Å². The van der Waals surface area contributed by atoms with Crippen LogP contribution in [0.15, 0.2) is 4.52 Å². The van der Waals surface area contributed by atoms with E-state index >= 15 is 0 Å². The lowest BCUT2D eigenvalue weighted by Gasteiger charge is -2.27. The number of rotatable bonds is 5. The fourth-order valence-corrected chi connectivity index (χ4v) is 3.56. The number of hydrogen-bond donors (Lipinski definition) is 2. The molecule has 2 N–H and O–H groups in total. The highest BCUT2D eigenvalue weighted by Crippen LogP contribution is 2.32. The van der Waals surface area contributed by atoms with Gasteiger partial charge in [-0.2, -0.15) is 4.98 Å². The van der Waals surface area contributed by atoms with Crippen molar-refractivity contribution in [1.82, 2.24) is 15.5 Å². The van der Waals surface area contributed by atoms with Gasteiger partial charge in [0.2, 0.25) is 5.89 Å². The van der Waals surface area contributed by atoms with Crippen LogP contribution >= 0.6 is 0 Å². The van der Waals surface area contributed by atoms with Crippen molar-refractivity contribution in [3.8, 4) is 0 Å². The zero-order chi connectivity index (χ0) is 13.8. The van der Waals surface area contributed by atoms with E-state index in [0.29, 0.717) is 12.5 Å². The lowest BCUT2D eigenvalue weighted by atomic mass is 9.89. The number of hydrogen-bond acceptors (Lipinski definition) is 5. The normalized spacial score (nSPS) is 23.2. The average molecular weight is 279 g/mol. The molecular weight excluding hydrogens is 254 g/mol. The molecule has 5 nitrogen and oxygen atoms in total. The molecule has 0 radical (unpaired) electrons. The highest BCUT2D eigenvalue weighted by atomic mass is 16.5. The molecule has 0 bridgehead atoms. The van der Waals surface area contributed by atoms with Gasteiger partial charge in [-0.25, -0.2) is 0 Å². The van der Waals surface area contributed by atoms with E-state index in [4.69, 9.17) is 4.52 Å². The van der Waals surface area contributed by atoms with Crippen LogP contribution in [0.3, 0.4) is 0 Å². The molecule has 112 valence electrons. The number of aromatic nitrogens is 2. The molecule has 0 aliphatic heterocycles. The first kappa shape index (κ1) is 14.0. The maximum atomic E-state index is 9.58. The number of aliphatic hydroxyl groups excluding tert-OH is 1. The monoisotopic (exact) mass is 279 g/mol. The standard InChI is InChI=1S/C15H25N3O2/c19-11-15(8-4-5-9-15)16-10-13-17-14(20-18-13)12-6-2-1-3-7-12/h12,16,19H,1-11H2. The summed E-state index contributed by atoms with van der Waals surface area (Å²) in [4.78, 5) is 4.54. The lowest BCUT2D eigenvalue weighted by molar-refractivity contribution is 0.161. The highest BCUT2D eigenvalue weighted by Gasteiger charge is 2.33. The predicted molar refractivity (Wildman–Crippen MR) is 75.2 cm³/mol. The minimum atomic E-state index is -0.119. The molecule has 0 spiro atoms. The third-order valence-corrected chi connectivity index (χ3v) is 4.92. The van der Waals surface area contributed by atoms with Crippen molar-refractivity contribution in [2.45, 2.75) is 75.8 Å². The summed E-state index contributed by atoms with van der Waals surface area (Å²) in [5, 5.41) is 17.1. The Bertz CT molecular complexity index is 421. The van der Waals surface area contributed by atoms with Crippen molar-refractivity contribution < 1.29 is 9.63 Å². The summed E-state index contributed by atoms with van der Waals surface area (Å²) in [6, 6.07) is 0. The van der Waals surface area contributed by atoms with Gasteiger partial charge in [0.15, 0.2) is 5.82 Å². The molecule has 2 aliphatic carbocycles. The maximum absolute atomic E-state index is 9.58. The number of nitrogens with one attached hydrogen (secondary N) is 1. The van der Waals surface area contributed by atoms with Gasteiger partial charge in [-0.05, 0) is 25.7 Å². The molecule has 5 heteroatoms. The van der Waals surface area contributed by atoms with Gasteiger partial charge >= 0.3 is 0 Å². The van der Waals surface area contributed by atoms with Crippen LogP contribution in [0.2, 0.25) is 0 Å². The molecule has 0 amide bonds. The molecular formula is C15H25N3O2. The highest BCUT2D eigenvalue weighted by molar-refractivity contribution is 4.98. The molecule has 2 saturated carbocycles. The molecule has 3 rings (SSSR count). The van der Waals surface area contributed by atoms with Crippen molar-refractivity contribution in [2.75, 3.05) is 6.61 Å². The van der Waals surface area contributed by atoms with Gasteiger partial charge in [0, 0.05) is 11.5 Å². The van der Waals surface area contributed by atoms with Crippen LogP contribution in [-0.2, 0) is 6.54 Å². The molecule has 1 heterocycles. The zero-order valence-electron chi connectivity index (χ0n) is 12.1. The fourth-order valence-electron chi connectivity index (χ4n) is 3.56. The van der Waals surface area contributed by atoms with Gasteiger partial charge in [0.1, 0.15) is 0 Å².